The van der Waals surface area contributed by atoms with E-state index in [1.54, 1.807) is 14.2 Å². The molecule has 0 radical (unpaired) electrons. The molecule has 106 valence electrons. The topological polar surface area (TPSA) is 18.5 Å². The minimum absolute atomic E-state index is 0.293. The first-order chi connectivity index (χ1) is 9.67. The van der Waals surface area contributed by atoms with Gasteiger partial charge in [0.2, 0.25) is 0 Å². The molecular weight excluding hydrogens is 615 g/mol. The molecule has 0 N–H and O–H groups in total. The minimum atomic E-state index is -0.293. The Labute approximate surface area is 152 Å². The van der Waals surface area contributed by atoms with Crippen molar-refractivity contribution in [1.82, 2.24) is 0 Å². The van der Waals surface area contributed by atoms with Crippen LogP contribution in [0.4, 0.5) is 0 Å². The van der Waals surface area contributed by atoms with Crippen molar-refractivity contribution in [1.29, 1.82) is 0 Å². The molecule has 2 aromatic rings. The molecule has 20 heavy (non-hydrogen) atoms. The number of rotatable bonds is 5. The Balaban J connectivity index is 2.26. The van der Waals surface area contributed by atoms with Gasteiger partial charge < -0.3 is 0 Å². The van der Waals surface area contributed by atoms with Crippen molar-refractivity contribution >= 4 is 73.2 Å². The summed E-state index contributed by atoms with van der Waals surface area (Å²) in [5.41, 5.74) is 0. The predicted molar refractivity (Wildman–Crippen MR) is 92.2 cm³/mol. The number of benzene rings is 2. The quantitative estimate of drug-likeness (QED) is 0.475. The third kappa shape index (κ3) is 4.07. The third-order valence-corrected chi connectivity index (χ3v) is 17.0. The average Bonchev–Trinajstić information content (AvgIpc) is 2.46. The first-order valence-electron chi connectivity index (χ1n) is 5.67. The van der Waals surface area contributed by atoms with Gasteiger partial charge in [-0.3, -0.25) is 0 Å². The molecule has 0 fully saturated rings. The van der Waals surface area contributed by atoms with Gasteiger partial charge in [-0.1, -0.05) is 0 Å². The van der Waals surface area contributed by atoms with E-state index in [4.69, 9.17) is 9.47 Å². The van der Waals surface area contributed by atoms with Gasteiger partial charge in [-0.25, -0.2) is 0 Å². The maximum absolute atomic E-state index is 5.48. The van der Waals surface area contributed by atoms with Crippen LogP contribution in [0.5, 0.6) is 11.5 Å². The Morgan fingerprint density at radius 3 is 1.50 bits per heavy atom. The van der Waals surface area contributed by atoms with Gasteiger partial charge in [-0.2, -0.15) is 0 Å². The number of methoxy groups -OCH3 is 2. The molecule has 0 aliphatic heterocycles. The van der Waals surface area contributed by atoms with Crippen molar-refractivity contribution in [2.45, 2.75) is 0 Å². The van der Waals surface area contributed by atoms with Crippen LogP contribution >= 0.6 is 31.9 Å². The van der Waals surface area contributed by atoms with Crippen LogP contribution < -0.4 is 16.7 Å². The number of hydrogen-bond acceptors (Lipinski definition) is 2. The van der Waals surface area contributed by atoms with Gasteiger partial charge in [0.15, 0.2) is 0 Å². The Morgan fingerprint density at radius 2 is 1.15 bits per heavy atom. The molecule has 0 spiro atoms. The predicted octanol–water partition coefficient (Wildman–Crippen LogP) is 2.50. The molecule has 0 aliphatic rings. The molecule has 2 aromatic carbocycles. The average molecular weight is 627 g/mol. The summed E-state index contributed by atoms with van der Waals surface area (Å²) in [6, 6.07) is 12.3. The van der Waals surface area contributed by atoms with Gasteiger partial charge in [0.25, 0.3) is 0 Å². The van der Waals surface area contributed by atoms with E-state index in [0.29, 0.717) is 0 Å². The molecule has 0 unspecified atom stereocenters. The standard InChI is InChI=1S/C14H12Br2O2Te2/c1-17-11-7-3-5-9(15)13(11)19-20-14-10(16)6-4-8-12(14)18-2/h3-8H,1-2H3. The molecule has 0 heterocycles. The van der Waals surface area contributed by atoms with Crippen molar-refractivity contribution in [3.8, 4) is 11.5 Å². The Hall–Kier alpha value is 0.579. The van der Waals surface area contributed by atoms with E-state index in [1.807, 2.05) is 24.3 Å². The molecule has 2 rings (SSSR count). The second kappa shape index (κ2) is 8.27. The van der Waals surface area contributed by atoms with Crippen LogP contribution in [-0.4, -0.2) is 48.3 Å². The first-order valence-corrected chi connectivity index (χ1v) is 16.9. The van der Waals surface area contributed by atoms with Crippen LogP contribution in [0.3, 0.4) is 0 Å². The second-order valence-electron chi connectivity index (χ2n) is 3.71. The molecule has 0 aliphatic carbocycles. The van der Waals surface area contributed by atoms with Gasteiger partial charge in [0, 0.05) is 0 Å². The summed E-state index contributed by atoms with van der Waals surface area (Å²) in [5.74, 6) is 2.00. The van der Waals surface area contributed by atoms with Gasteiger partial charge >= 0.3 is 154 Å². The third-order valence-electron chi connectivity index (χ3n) is 2.51. The fraction of sp³-hybridized carbons (Fsp3) is 0.143. The molecule has 0 atom stereocenters. The van der Waals surface area contributed by atoms with Crippen molar-refractivity contribution in [3.63, 3.8) is 0 Å². The molecule has 0 bridgehead atoms. The van der Waals surface area contributed by atoms with Crippen LogP contribution in [0.15, 0.2) is 45.3 Å². The molecular formula is C14H12Br2O2Te2. The summed E-state index contributed by atoms with van der Waals surface area (Å²) in [4.78, 5) is 0. The summed E-state index contributed by atoms with van der Waals surface area (Å²) < 4.78 is 16.0. The van der Waals surface area contributed by atoms with Crippen LogP contribution in [0, 0.1) is 0 Å². The monoisotopic (exact) mass is 630 g/mol. The van der Waals surface area contributed by atoms with E-state index in [1.165, 1.54) is 7.22 Å². The molecule has 2 nitrogen and oxygen atoms in total. The molecule has 6 heteroatoms. The maximum atomic E-state index is 5.48. The Morgan fingerprint density at radius 1 is 0.750 bits per heavy atom. The molecule has 0 saturated heterocycles. The summed E-state index contributed by atoms with van der Waals surface area (Å²) in [5, 5.41) is 0. The van der Waals surface area contributed by atoms with E-state index < -0.39 is 0 Å². The van der Waals surface area contributed by atoms with Gasteiger partial charge in [0.1, 0.15) is 0 Å². The SMILES string of the molecule is COc1cccc(Br)c1[Te][Te]c1c(Br)cccc1OC. The van der Waals surface area contributed by atoms with Crippen molar-refractivity contribution in [2.24, 2.45) is 0 Å². The van der Waals surface area contributed by atoms with Gasteiger partial charge in [-0.05, 0) is 0 Å². The first kappa shape index (κ1) is 16.9. The van der Waals surface area contributed by atoms with Crippen molar-refractivity contribution in [3.05, 3.63) is 45.3 Å². The Kier molecular flexibility index (Phi) is 7.01. The van der Waals surface area contributed by atoms with Crippen LogP contribution in [0.1, 0.15) is 0 Å². The van der Waals surface area contributed by atoms with Gasteiger partial charge in [0.05, 0.1) is 0 Å². The fourth-order valence-corrected chi connectivity index (χ4v) is 20.2. The van der Waals surface area contributed by atoms with E-state index >= 15 is 0 Å². The van der Waals surface area contributed by atoms with Crippen molar-refractivity contribution in [2.75, 3.05) is 14.2 Å². The molecule has 0 aromatic heterocycles. The number of halogens is 2. The van der Waals surface area contributed by atoms with Crippen molar-refractivity contribution < 1.29 is 9.47 Å². The zero-order chi connectivity index (χ0) is 14.5. The normalized spacial score (nSPS) is 10.4. The van der Waals surface area contributed by atoms with E-state index in [0.717, 1.165) is 20.4 Å². The molecule has 0 amide bonds. The summed E-state index contributed by atoms with van der Waals surface area (Å²) in [6.07, 6.45) is 0. The van der Waals surface area contributed by atoms with E-state index in [2.05, 4.69) is 44.0 Å². The Bertz CT molecular complexity index is 552. The number of hydrogen-bond donors (Lipinski definition) is 0. The van der Waals surface area contributed by atoms with E-state index in [9.17, 15) is 0 Å². The van der Waals surface area contributed by atoms with Gasteiger partial charge in [-0.15, -0.1) is 0 Å². The molecule has 0 saturated carbocycles. The fourth-order valence-electron chi connectivity index (χ4n) is 1.54. The van der Waals surface area contributed by atoms with Crippen LogP contribution in [0.2, 0.25) is 0 Å². The zero-order valence-electron chi connectivity index (χ0n) is 10.9. The second-order valence-corrected chi connectivity index (χ2v) is 15.1. The van der Waals surface area contributed by atoms with E-state index in [-0.39, 0.29) is 34.1 Å². The summed E-state index contributed by atoms with van der Waals surface area (Å²) >= 11 is 6.70. The van der Waals surface area contributed by atoms with Crippen LogP contribution in [0.25, 0.3) is 0 Å². The van der Waals surface area contributed by atoms with Crippen LogP contribution in [-0.2, 0) is 0 Å². The summed E-state index contributed by atoms with van der Waals surface area (Å²) in [7, 11) is 3.47. The summed E-state index contributed by atoms with van der Waals surface area (Å²) in [6.45, 7) is 0. The number of ether oxygens (including phenoxy) is 2. The zero-order valence-corrected chi connectivity index (χ0v) is 18.7.